The molecule has 1 aliphatic heterocycles. The molecule has 1 aromatic carbocycles. The summed E-state index contributed by atoms with van der Waals surface area (Å²) in [6.45, 7) is 6.10. The molecule has 0 bridgehead atoms. The van der Waals surface area contributed by atoms with Gasteiger partial charge in [-0.05, 0) is 32.0 Å². The molecule has 118 valence electrons. The van der Waals surface area contributed by atoms with E-state index in [1.165, 1.54) is 12.6 Å². The molecule has 0 aliphatic carbocycles. The summed E-state index contributed by atoms with van der Waals surface area (Å²) in [5.41, 5.74) is 0.478. The third-order valence-corrected chi connectivity index (χ3v) is 4.85. The van der Waals surface area contributed by atoms with Gasteiger partial charge in [-0.15, -0.1) is 0 Å². The smallest absolute Gasteiger partial charge is 0.175 e. The monoisotopic (exact) mass is 321 g/mol. The van der Waals surface area contributed by atoms with Crippen molar-refractivity contribution >= 4 is 26.6 Å². The van der Waals surface area contributed by atoms with Crippen molar-refractivity contribution in [3.8, 4) is 0 Å². The summed E-state index contributed by atoms with van der Waals surface area (Å²) in [5.74, 6) is 0.756. The quantitative estimate of drug-likeness (QED) is 0.837. The molecule has 2 aromatic rings. The molecule has 3 rings (SSSR count). The summed E-state index contributed by atoms with van der Waals surface area (Å²) in [7, 11) is -3.26. The van der Waals surface area contributed by atoms with Gasteiger partial charge in [-0.25, -0.2) is 18.4 Å². The van der Waals surface area contributed by atoms with Crippen LogP contribution in [-0.2, 0) is 14.6 Å². The largest absolute Gasteiger partial charge is 0.372 e. The van der Waals surface area contributed by atoms with Crippen LogP contribution in [0.2, 0.25) is 0 Å². The Morgan fingerprint density at radius 2 is 2.05 bits per heavy atom. The second-order valence-corrected chi connectivity index (χ2v) is 8.19. The summed E-state index contributed by atoms with van der Waals surface area (Å²) in [4.78, 5) is 11.0. The van der Waals surface area contributed by atoms with Crippen LogP contribution in [0.25, 0.3) is 10.9 Å². The molecule has 0 N–H and O–H groups in total. The van der Waals surface area contributed by atoms with Crippen LogP contribution in [0.4, 0.5) is 5.82 Å². The first-order chi connectivity index (χ1) is 10.3. The number of hydrogen-bond acceptors (Lipinski definition) is 6. The van der Waals surface area contributed by atoms with Crippen molar-refractivity contribution in [2.75, 3.05) is 30.9 Å². The molecule has 6 nitrogen and oxygen atoms in total. The number of aromatic nitrogens is 2. The van der Waals surface area contributed by atoms with Crippen molar-refractivity contribution in [3.63, 3.8) is 0 Å². The highest BCUT2D eigenvalue weighted by Crippen LogP contribution is 2.28. The normalized spacial score (nSPS) is 18.6. The fourth-order valence-electron chi connectivity index (χ4n) is 2.70. The van der Waals surface area contributed by atoms with Gasteiger partial charge < -0.3 is 9.64 Å². The van der Waals surface area contributed by atoms with E-state index in [9.17, 15) is 8.42 Å². The van der Waals surface area contributed by atoms with Crippen LogP contribution in [0.15, 0.2) is 29.4 Å². The summed E-state index contributed by atoms with van der Waals surface area (Å²) in [6, 6.07) is 4.96. The van der Waals surface area contributed by atoms with Gasteiger partial charge in [-0.2, -0.15) is 0 Å². The zero-order chi connectivity index (χ0) is 16.0. The van der Waals surface area contributed by atoms with E-state index in [0.29, 0.717) is 13.2 Å². The van der Waals surface area contributed by atoms with E-state index in [2.05, 4.69) is 14.9 Å². The second-order valence-electron chi connectivity index (χ2n) is 6.18. The number of benzene rings is 1. The van der Waals surface area contributed by atoms with Gasteiger partial charge in [0.05, 0.1) is 22.6 Å². The Morgan fingerprint density at radius 1 is 1.27 bits per heavy atom. The van der Waals surface area contributed by atoms with Gasteiger partial charge in [-0.3, -0.25) is 0 Å². The average Bonchev–Trinajstić information content (AvgIpc) is 2.44. The van der Waals surface area contributed by atoms with Crippen LogP contribution in [-0.4, -0.2) is 49.9 Å². The Morgan fingerprint density at radius 3 is 2.73 bits per heavy atom. The predicted molar refractivity (Wildman–Crippen MR) is 84.9 cm³/mol. The number of anilines is 1. The predicted octanol–water partition coefficient (Wildman–Crippen LogP) is 1.65. The van der Waals surface area contributed by atoms with E-state index >= 15 is 0 Å². The van der Waals surface area contributed by atoms with E-state index in [1.54, 1.807) is 18.2 Å². The molecule has 0 spiro atoms. The summed E-state index contributed by atoms with van der Waals surface area (Å²) < 4.78 is 29.3. The maximum Gasteiger partial charge on any atom is 0.175 e. The Balaban J connectivity index is 2.13. The Bertz CT molecular complexity index is 818. The highest BCUT2D eigenvalue weighted by atomic mass is 32.2. The highest BCUT2D eigenvalue weighted by molar-refractivity contribution is 7.90. The van der Waals surface area contributed by atoms with Gasteiger partial charge in [0.25, 0.3) is 0 Å². The lowest BCUT2D eigenvalue weighted by atomic mass is 10.1. The lowest BCUT2D eigenvalue weighted by molar-refractivity contribution is -0.0278. The second kappa shape index (κ2) is 5.17. The number of ether oxygens (including phenoxy) is 1. The molecule has 0 radical (unpaired) electrons. The van der Waals surface area contributed by atoms with Crippen LogP contribution in [0, 0.1) is 0 Å². The molecule has 0 saturated carbocycles. The summed E-state index contributed by atoms with van der Waals surface area (Å²) in [6.07, 6.45) is 2.72. The number of fused-ring (bicyclic) bond motifs is 1. The Hall–Kier alpha value is -1.73. The number of rotatable bonds is 2. The van der Waals surface area contributed by atoms with Gasteiger partial charge in [0, 0.05) is 24.7 Å². The fourth-order valence-corrected chi connectivity index (χ4v) is 3.35. The molecule has 22 heavy (non-hydrogen) atoms. The minimum Gasteiger partial charge on any atom is -0.372 e. The van der Waals surface area contributed by atoms with E-state index in [0.717, 1.165) is 23.3 Å². The number of sulfone groups is 1. The molecular formula is C15H19N3O3S. The molecule has 1 fully saturated rings. The van der Waals surface area contributed by atoms with Crippen molar-refractivity contribution in [1.82, 2.24) is 9.97 Å². The average molecular weight is 321 g/mol. The Kier molecular flexibility index (Phi) is 3.57. The van der Waals surface area contributed by atoms with Crippen LogP contribution in [0.3, 0.4) is 0 Å². The number of morpholine rings is 1. The van der Waals surface area contributed by atoms with Gasteiger partial charge in [0.1, 0.15) is 12.1 Å². The van der Waals surface area contributed by atoms with Crippen LogP contribution in [0.1, 0.15) is 13.8 Å². The van der Waals surface area contributed by atoms with E-state index in [-0.39, 0.29) is 10.5 Å². The highest BCUT2D eigenvalue weighted by Gasteiger charge is 2.29. The molecule has 0 atom stereocenters. The first-order valence-corrected chi connectivity index (χ1v) is 8.99. The topological polar surface area (TPSA) is 72.4 Å². The fraction of sp³-hybridized carbons (Fsp3) is 0.467. The number of hydrogen-bond donors (Lipinski definition) is 0. The lowest BCUT2D eigenvalue weighted by Gasteiger charge is -2.39. The molecule has 7 heteroatoms. The SMILES string of the molecule is CC1(C)CN(c2ncnc3ccc(S(C)(=O)=O)cc23)CCO1. The Labute approximate surface area is 130 Å². The first kappa shape index (κ1) is 15.2. The van der Waals surface area contributed by atoms with Crippen molar-refractivity contribution in [3.05, 3.63) is 24.5 Å². The van der Waals surface area contributed by atoms with Gasteiger partial charge in [0.15, 0.2) is 9.84 Å². The zero-order valence-electron chi connectivity index (χ0n) is 12.9. The maximum atomic E-state index is 11.8. The standard InChI is InChI=1S/C15H19N3O3S/c1-15(2)9-18(6-7-21-15)14-12-8-11(22(3,19)20)4-5-13(12)16-10-17-14/h4-5,8,10H,6-7,9H2,1-3H3. The third kappa shape index (κ3) is 2.91. The van der Waals surface area contributed by atoms with Crippen molar-refractivity contribution < 1.29 is 13.2 Å². The minimum atomic E-state index is -3.26. The van der Waals surface area contributed by atoms with E-state index in [4.69, 9.17) is 4.74 Å². The van der Waals surface area contributed by atoms with Gasteiger partial charge >= 0.3 is 0 Å². The molecule has 2 heterocycles. The van der Waals surface area contributed by atoms with Crippen molar-refractivity contribution in [2.24, 2.45) is 0 Å². The van der Waals surface area contributed by atoms with E-state index < -0.39 is 9.84 Å². The first-order valence-electron chi connectivity index (χ1n) is 7.10. The maximum absolute atomic E-state index is 11.8. The van der Waals surface area contributed by atoms with Crippen LogP contribution < -0.4 is 4.90 Å². The summed E-state index contributed by atoms with van der Waals surface area (Å²) >= 11 is 0. The summed E-state index contributed by atoms with van der Waals surface area (Å²) in [5, 5.41) is 0.753. The third-order valence-electron chi connectivity index (χ3n) is 3.74. The molecule has 1 aliphatic rings. The molecular weight excluding hydrogens is 302 g/mol. The molecule has 1 saturated heterocycles. The van der Waals surface area contributed by atoms with Crippen LogP contribution >= 0.6 is 0 Å². The molecule has 1 aromatic heterocycles. The molecule has 0 amide bonds. The zero-order valence-corrected chi connectivity index (χ0v) is 13.7. The molecule has 0 unspecified atom stereocenters. The van der Waals surface area contributed by atoms with Crippen molar-refractivity contribution in [1.29, 1.82) is 0 Å². The number of nitrogens with zero attached hydrogens (tertiary/aromatic N) is 3. The van der Waals surface area contributed by atoms with E-state index in [1.807, 2.05) is 13.8 Å². The van der Waals surface area contributed by atoms with Crippen molar-refractivity contribution in [2.45, 2.75) is 24.3 Å². The van der Waals surface area contributed by atoms with Gasteiger partial charge in [0.2, 0.25) is 0 Å². The van der Waals surface area contributed by atoms with Gasteiger partial charge in [-0.1, -0.05) is 0 Å². The minimum absolute atomic E-state index is 0.260. The van der Waals surface area contributed by atoms with Crippen LogP contribution in [0.5, 0.6) is 0 Å². The lowest BCUT2D eigenvalue weighted by Crippen LogP contribution is -2.48.